The molecule has 106 valence electrons. The second-order valence-electron chi connectivity index (χ2n) is 4.67. The number of nitrogens with one attached hydrogen (secondary N) is 1. The van der Waals surface area contributed by atoms with Crippen molar-refractivity contribution in [2.75, 3.05) is 11.9 Å². The van der Waals surface area contributed by atoms with Crippen molar-refractivity contribution in [1.82, 2.24) is 9.97 Å². The summed E-state index contributed by atoms with van der Waals surface area (Å²) >= 11 is 5.93. The Bertz CT molecular complexity index is 749. The predicted octanol–water partition coefficient (Wildman–Crippen LogP) is 3.43. The van der Waals surface area contributed by atoms with Crippen LogP contribution in [0.1, 0.15) is 11.7 Å². The van der Waals surface area contributed by atoms with Crippen molar-refractivity contribution in [2.24, 2.45) is 0 Å². The first-order valence-corrected chi connectivity index (χ1v) is 7.01. The van der Waals surface area contributed by atoms with Gasteiger partial charge in [0, 0.05) is 11.9 Å². The van der Waals surface area contributed by atoms with E-state index in [1.165, 1.54) is 0 Å². The van der Waals surface area contributed by atoms with Gasteiger partial charge in [0.2, 0.25) is 5.28 Å². The van der Waals surface area contributed by atoms with Gasteiger partial charge in [-0.3, -0.25) is 0 Å². The Morgan fingerprint density at radius 1 is 1.00 bits per heavy atom. The summed E-state index contributed by atoms with van der Waals surface area (Å²) in [5.41, 5.74) is 1.63. The molecule has 5 heteroatoms. The average molecular weight is 300 g/mol. The number of rotatable bonds is 4. The molecule has 0 fully saturated rings. The van der Waals surface area contributed by atoms with E-state index in [1.807, 2.05) is 54.6 Å². The van der Waals surface area contributed by atoms with Crippen molar-refractivity contribution in [2.45, 2.75) is 6.10 Å². The molecule has 1 heterocycles. The number of aromatic nitrogens is 2. The lowest BCUT2D eigenvalue weighted by Crippen LogP contribution is -2.13. The van der Waals surface area contributed by atoms with Gasteiger partial charge in [-0.2, -0.15) is 0 Å². The third kappa shape index (κ3) is 3.12. The molecule has 2 aromatic carbocycles. The molecule has 0 spiro atoms. The van der Waals surface area contributed by atoms with Crippen LogP contribution >= 0.6 is 11.6 Å². The van der Waals surface area contributed by atoms with Gasteiger partial charge in [0.1, 0.15) is 5.82 Å². The third-order valence-corrected chi connectivity index (χ3v) is 3.39. The summed E-state index contributed by atoms with van der Waals surface area (Å²) in [5, 5.41) is 14.4. The Morgan fingerprint density at radius 2 is 1.71 bits per heavy atom. The van der Waals surface area contributed by atoms with Crippen molar-refractivity contribution in [3.8, 4) is 0 Å². The fourth-order valence-corrected chi connectivity index (χ4v) is 2.34. The Labute approximate surface area is 127 Å². The van der Waals surface area contributed by atoms with Crippen molar-refractivity contribution >= 4 is 28.3 Å². The van der Waals surface area contributed by atoms with Gasteiger partial charge in [-0.05, 0) is 29.3 Å². The molecule has 1 unspecified atom stereocenters. The van der Waals surface area contributed by atoms with Crippen LogP contribution in [0, 0.1) is 0 Å². The van der Waals surface area contributed by atoms with E-state index in [1.54, 1.807) is 0 Å². The highest BCUT2D eigenvalue weighted by molar-refractivity contribution is 6.28. The zero-order valence-electron chi connectivity index (χ0n) is 11.2. The molecular weight excluding hydrogens is 286 g/mol. The van der Waals surface area contributed by atoms with E-state index in [9.17, 15) is 5.11 Å². The van der Waals surface area contributed by atoms with Crippen molar-refractivity contribution < 1.29 is 5.11 Å². The molecule has 0 bridgehead atoms. The lowest BCUT2D eigenvalue weighted by Gasteiger charge is -2.14. The van der Waals surface area contributed by atoms with E-state index in [4.69, 9.17) is 11.6 Å². The topological polar surface area (TPSA) is 58.0 Å². The maximum Gasteiger partial charge on any atom is 0.224 e. The molecule has 0 radical (unpaired) electrons. The zero-order valence-corrected chi connectivity index (χ0v) is 12.0. The number of nitrogens with zero attached hydrogens (tertiary/aromatic N) is 2. The van der Waals surface area contributed by atoms with E-state index in [0.29, 0.717) is 12.4 Å². The van der Waals surface area contributed by atoms with Crippen LogP contribution in [0.4, 0.5) is 5.82 Å². The van der Waals surface area contributed by atoms with Gasteiger partial charge in [0.25, 0.3) is 0 Å². The first-order chi connectivity index (χ1) is 10.2. The average Bonchev–Trinajstić information content (AvgIpc) is 2.53. The summed E-state index contributed by atoms with van der Waals surface area (Å²) in [7, 11) is 0. The Balaban J connectivity index is 1.82. The van der Waals surface area contributed by atoms with E-state index < -0.39 is 6.10 Å². The van der Waals surface area contributed by atoms with Gasteiger partial charge in [-0.15, -0.1) is 0 Å². The molecule has 0 aliphatic heterocycles. The summed E-state index contributed by atoms with van der Waals surface area (Å²) in [6.07, 6.45) is -0.612. The summed E-state index contributed by atoms with van der Waals surface area (Å²) < 4.78 is 0. The fraction of sp³-hybridized carbons (Fsp3) is 0.125. The van der Waals surface area contributed by atoms with Gasteiger partial charge in [-0.1, -0.05) is 42.5 Å². The van der Waals surface area contributed by atoms with Gasteiger partial charge in [0.05, 0.1) is 11.6 Å². The smallest absolute Gasteiger partial charge is 0.224 e. The number of aliphatic hydroxyl groups excluding tert-OH is 1. The SMILES string of the molecule is OC(CNc1nc(Cl)nc2ccccc12)c1ccccc1. The van der Waals surface area contributed by atoms with Crippen LogP contribution in [0.2, 0.25) is 5.28 Å². The molecule has 0 aliphatic carbocycles. The van der Waals surface area contributed by atoms with Crippen LogP contribution in [-0.2, 0) is 0 Å². The second kappa shape index (κ2) is 6.08. The van der Waals surface area contributed by atoms with Crippen LogP contribution in [-0.4, -0.2) is 21.6 Å². The zero-order chi connectivity index (χ0) is 14.7. The van der Waals surface area contributed by atoms with E-state index >= 15 is 0 Å². The first-order valence-electron chi connectivity index (χ1n) is 6.63. The number of hydrogen-bond acceptors (Lipinski definition) is 4. The molecular formula is C16H14ClN3O. The Kier molecular flexibility index (Phi) is 3.99. The van der Waals surface area contributed by atoms with Crippen LogP contribution in [0.5, 0.6) is 0 Å². The highest BCUT2D eigenvalue weighted by Crippen LogP contribution is 2.22. The normalized spacial score (nSPS) is 12.3. The highest BCUT2D eigenvalue weighted by atomic mass is 35.5. The van der Waals surface area contributed by atoms with Gasteiger partial charge in [-0.25, -0.2) is 9.97 Å². The summed E-state index contributed by atoms with van der Waals surface area (Å²) in [5.74, 6) is 0.626. The summed E-state index contributed by atoms with van der Waals surface area (Å²) in [6, 6.07) is 17.1. The number of fused-ring (bicyclic) bond motifs is 1. The quantitative estimate of drug-likeness (QED) is 0.725. The minimum Gasteiger partial charge on any atom is -0.387 e. The maximum atomic E-state index is 10.2. The molecule has 4 nitrogen and oxygen atoms in total. The van der Waals surface area contributed by atoms with E-state index in [2.05, 4.69) is 15.3 Å². The van der Waals surface area contributed by atoms with E-state index in [-0.39, 0.29) is 5.28 Å². The number of halogens is 1. The molecule has 0 saturated heterocycles. The monoisotopic (exact) mass is 299 g/mol. The lowest BCUT2D eigenvalue weighted by atomic mass is 10.1. The number of hydrogen-bond donors (Lipinski definition) is 2. The standard InChI is InChI=1S/C16H14ClN3O/c17-16-19-13-9-5-4-8-12(13)15(20-16)18-10-14(21)11-6-2-1-3-7-11/h1-9,14,21H,10H2,(H,18,19,20). The Morgan fingerprint density at radius 3 is 2.52 bits per heavy atom. The molecule has 21 heavy (non-hydrogen) atoms. The Hall–Kier alpha value is -2.17. The molecule has 3 aromatic rings. The molecule has 1 atom stereocenters. The first kappa shape index (κ1) is 13.8. The second-order valence-corrected chi connectivity index (χ2v) is 5.00. The molecule has 2 N–H and O–H groups in total. The molecule has 1 aromatic heterocycles. The lowest BCUT2D eigenvalue weighted by molar-refractivity contribution is 0.191. The van der Waals surface area contributed by atoms with E-state index in [0.717, 1.165) is 16.5 Å². The summed E-state index contributed by atoms with van der Waals surface area (Å²) in [4.78, 5) is 8.37. The third-order valence-electron chi connectivity index (χ3n) is 3.22. The summed E-state index contributed by atoms with van der Waals surface area (Å²) in [6.45, 7) is 0.349. The van der Waals surface area contributed by atoms with Crippen LogP contribution < -0.4 is 5.32 Å². The van der Waals surface area contributed by atoms with Gasteiger partial charge >= 0.3 is 0 Å². The fourth-order valence-electron chi connectivity index (χ4n) is 2.17. The minimum atomic E-state index is -0.612. The molecule has 3 rings (SSSR count). The number of benzene rings is 2. The van der Waals surface area contributed by atoms with Crippen LogP contribution in [0.3, 0.4) is 0 Å². The largest absolute Gasteiger partial charge is 0.387 e. The van der Waals surface area contributed by atoms with Crippen molar-refractivity contribution in [1.29, 1.82) is 0 Å². The van der Waals surface area contributed by atoms with Crippen LogP contribution in [0.15, 0.2) is 54.6 Å². The van der Waals surface area contributed by atoms with Gasteiger partial charge < -0.3 is 10.4 Å². The number of anilines is 1. The van der Waals surface area contributed by atoms with Crippen molar-refractivity contribution in [3.05, 3.63) is 65.4 Å². The molecule has 0 saturated carbocycles. The minimum absolute atomic E-state index is 0.186. The predicted molar refractivity (Wildman–Crippen MR) is 84.4 cm³/mol. The van der Waals surface area contributed by atoms with Crippen molar-refractivity contribution in [3.63, 3.8) is 0 Å². The molecule has 0 amide bonds. The number of aliphatic hydroxyl groups is 1. The van der Waals surface area contributed by atoms with Gasteiger partial charge in [0.15, 0.2) is 0 Å². The maximum absolute atomic E-state index is 10.2. The molecule has 0 aliphatic rings. The number of para-hydroxylation sites is 1. The van der Waals surface area contributed by atoms with Crippen LogP contribution in [0.25, 0.3) is 10.9 Å². The highest BCUT2D eigenvalue weighted by Gasteiger charge is 2.10.